The van der Waals surface area contributed by atoms with Crippen molar-refractivity contribution in [1.82, 2.24) is 4.57 Å². The lowest BCUT2D eigenvalue weighted by Crippen LogP contribution is -2.06. The Balaban J connectivity index is 2.38. The highest BCUT2D eigenvalue weighted by Gasteiger charge is 2.07. The third-order valence-electron chi connectivity index (χ3n) is 2.73. The average Bonchev–Trinajstić information content (AvgIpc) is 2.60. The van der Waals surface area contributed by atoms with Gasteiger partial charge in [0.15, 0.2) is 0 Å². The second kappa shape index (κ2) is 4.04. The van der Waals surface area contributed by atoms with Crippen molar-refractivity contribution < 1.29 is 5.11 Å². The first-order valence-corrected chi connectivity index (χ1v) is 5.15. The van der Waals surface area contributed by atoms with Crippen LogP contribution in [-0.4, -0.2) is 16.2 Å². The van der Waals surface area contributed by atoms with E-state index in [1.807, 2.05) is 37.5 Å². The lowest BCUT2D eigenvalue weighted by Gasteiger charge is -2.09. The molecule has 2 rings (SSSR count). The predicted molar refractivity (Wildman–Crippen MR) is 61.6 cm³/mol. The monoisotopic (exact) mass is 204 g/mol. The van der Waals surface area contributed by atoms with E-state index in [0.717, 1.165) is 10.9 Å². The highest BCUT2D eigenvalue weighted by molar-refractivity contribution is 5.80. The fraction of sp³-hybridized carbons (Fsp3) is 0.333. The summed E-state index contributed by atoms with van der Waals surface area (Å²) < 4.78 is 2.06. The first-order chi connectivity index (χ1) is 7.22. The molecule has 1 aromatic carbocycles. The zero-order valence-corrected chi connectivity index (χ0v) is 8.85. The number of aliphatic hydroxyl groups is 1. The van der Waals surface area contributed by atoms with Gasteiger partial charge in [-0.3, -0.25) is 0 Å². The highest BCUT2D eigenvalue weighted by Crippen LogP contribution is 2.22. The van der Waals surface area contributed by atoms with Gasteiger partial charge in [-0.1, -0.05) is 6.07 Å². The van der Waals surface area contributed by atoms with Crippen LogP contribution in [0.15, 0.2) is 30.5 Å². The molecule has 1 unspecified atom stereocenters. The normalized spacial score (nSPS) is 13.3. The Morgan fingerprint density at radius 1 is 1.40 bits per heavy atom. The smallest absolute Gasteiger partial charge is 0.0802 e. The van der Waals surface area contributed by atoms with E-state index >= 15 is 0 Å². The zero-order valence-electron chi connectivity index (χ0n) is 8.85. The summed E-state index contributed by atoms with van der Waals surface area (Å²) in [6.45, 7) is 0.508. The van der Waals surface area contributed by atoms with E-state index in [1.54, 1.807) is 0 Å². The molecule has 2 aromatic rings. The van der Waals surface area contributed by atoms with Gasteiger partial charge < -0.3 is 15.4 Å². The number of aromatic nitrogens is 1. The first-order valence-electron chi connectivity index (χ1n) is 5.15. The summed E-state index contributed by atoms with van der Waals surface area (Å²) in [4.78, 5) is 0. The molecule has 0 aliphatic heterocycles. The van der Waals surface area contributed by atoms with E-state index in [1.165, 1.54) is 5.52 Å². The van der Waals surface area contributed by atoms with Crippen molar-refractivity contribution in [1.29, 1.82) is 0 Å². The summed E-state index contributed by atoms with van der Waals surface area (Å²) in [5, 5.41) is 11.0. The van der Waals surface area contributed by atoms with Gasteiger partial charge in [-0.05, 0) is 42.1 Å². The molecule has 0 bridgehead atoms. The molecule has 0 saturated carbocycles. The van der Waals surface area contributed by atoms with Crippen molar-refractivity contribution in [2.45, 2.75) is 12.5 Å². The molecule has 0 amide bonds. The van der Waals surface area contributed by atoms with E-state index in [2.05, 4.69) is 4.57 Å². The van der Waals surface area contributed by atoms with E-state index in [0.29, 0.717) is 13.0 Å². The molecular formula is C12H16N2O. The second-order valence-corrected chi connectivity index (χ2v) is 3.84. The lowest BCUT2D eigenvalue weighted by atomic mass is 10.0. The second-order valence-electron chi connectivity index (χ2n) is 3.84. The van der Waals surface area contributed by atoms with Crippen molar-refractivity contribution in [3.05, 3.63) is 36.0 Å². The van der Waals surface area contributed by atoms with Crippen molar-refractivity contribution in [3.8, 4) is 0 Å². The van der Waals surface area contributed by atoms with Gasteiger partial charge in [0.1, 0.15) is 0 Å². The van der Waals surface area contributed by atoms with Gasteiger partial charge in [-0.25, -0.2) is 0 Å². The van der Waals surface area contributed by atoms with Gasteiger partial charge in [0.25, 0.3) is 0 Å². The molecule has 0 spiro atoms. The standard InChI is InChI=1S/C12H16N2O/c1-14-7-5-9-8-10(2-3-11(9)14)12(15)4-6-13/h2-3,5,7-8,12,15H,4,6,13H2,1H3. The van der Waals surface area contributed by atoms with E-state index in [9.17, 15) is 5.11 Å². The third-order valence-corrected chi connectivity index (χ3v) is 2.73. The minimum absolute atomic E-state index is 0.445. The maximum Gasteiger partial charge on any atom is 0.0802 e. The van der Waals surface area contributed by atoms with Gasteiger partial charge in [-0.2, -0.15) is 0 Å². The van der Waals surface area contributed by atoms with E-state index < -0.39 is 6.10 Å². The highest BCUT2D eigenvalue weighted by atomic mass is 16.3. The van der Waals surface area contributed by atoms with Crippen LogP contribution in [0, 0.1) is 0 Å². The predicted octanol–water partition coefficient (Wildman–Crippen LogP) is 1.56. The number of hydrogen-bond acceptors (Lipinski definition) is 2. The molecule has 3 heteroatoms. The van der Waals surface area contributed by atoms with Crippen molar-refractivity contribution >= 4 is 10.9 Å². The zero-order chi connectivity index (χ0) is 10.8. The van der Waals surface area contributed by atoms with Gasteiger partial charge >= 0.3 is 0 Å². The van der Waals surface area contributed by atoms with Crippen LogP contribution in [0.1, 0.15) is 18.1 Å². The lowest BCUT2D eigenvalue weighted by molar-refractivity contribution is 0.170. The summed E-state index contributed by atoms with van der Waals surface area (Å²) in [6, 6.07) is 8.07. The van der Waals surface area contributed by atoms with Crippen molar-refractivity contribution in [2.75, 3.05) is 6.54 Å². The van der Waals surface area contributed by atoms with Gasteiger partial charge in [0.2, 0.25) is 0 Å². The van der Waals surface area contributed by atoms with Crippen molar-refractivity contribution in [2.24, 2.45) is 12.8 Å². The number of benzene rings is 1. The first kappa shape index (κ1) is 10.2. The number of hydrogen-bond donors (Lipinski definition) is 2. The van der Waals surface area contributed by atoms with Crippen LogP contribution < -0.4 is 5.73 Å². The maximum atomic E-state index is 9.80. The van der Waals surface area contributed by atoms with Gasteiger partial charge in [0, 0.05) is 18.8 Å². The van der Waals surface area contributed by atoms with Crippen molar-refractivity contribution in [3.63, 3.8) is 0 Å². The Kier molecular flexibility index (Phi) is 2.75. The summed E-state index contributed by atoms with van der Waals surface area (Å²) in [5.74, 6) is 0. The number of aliphatic hydroxyl groups excluding tert-OH is 1. The van der Waals surface area contributed by atoms with Crippen LogP contribution in [-0.2, 0) is 7.05 Å². The van der Waals surface area contributed by atoms with Crippen LogP contribution >= 0.6 is 0 Å². The fourth-order valence-electron chi connectivity index (χ4n) is 1.83. The molecule has 3 N–H and O–H groups in total. The summed E-state index contributed by atoms with van der Waals surface area (Å²) in [5.41, 5.74) is 7.54. The van der Waals surface area contributed by atoms with Gasteiger partial charge in [-0.15, -0.1) is 0 Å². The summed E-state index contributed by atoms with van der Waals surface area (Å²) in [7, 11) is 2.01. The Morgan fingerprint density at radius 3 is 2.93 bits per heavy atom. The Hall–Kier alpha value is -1.32. The number of fused-ring (bicyclic) bond motifs is 1. The quantitative estimate of drug-likeness (QED) is 0.797. The molecule has 0 radical (unpaired) electrons. The molecule has 0 aliphatic rings. The molecular weight excluding hydrogens is 188 g/mol. The molecule has 1 aromatic heterocycles. The van der Waals surface area contributed by atoms with E-state index in [-0.39, 0.29) is 0 Å². The summed E-state index contributed by atoms with van der Waals surface area (Å²) in [6.07, 6.45) is 2.18. The minimum Gasteiger partial charge on any atom is -0.388 e. The van der Waals surface area contributed by atoms with Crippen LogP contribution in [0.3, 0.4) is 0 Å². The van der Waals surface area contributed by atoms with Crippen LogP contribution in [0.5, 0.6) is 0 Å². The number of nitrogens with zero attached hydrogens (tertiary/aromatic N) is 1. The molecule has 15 heavy (non-hydrogen) atoms. The number of rotatable bonds is 3. The van der Waals surface area contributed by atoms with E-state index in [4.69, 9.17) is 5.73 Å². The fourth-order valence-corrected chi connectivity index (χ4v) is 1.83. The number of aryl methyl sites for hydroxylation is 1. The Bertz CT molecular complexity index is 462. The topological polar surface area (TPSA) is 51.2 Å². The molecule has 0 aliphatic carbocycles. The van der Waals surface area contributed by atoms with Gasteiger partial charge in [0.05, 0.1) is 6.10 Å². The van der Waals surface area contributed by atoms with Crippen LogP contribution in [0.25, 0.3) is 10.9 Å². The Labute approximate surface area is 89.1 Å². The van der Waals surface area contributed by atoms with Crippen LogP contribution in [0.2, 0.25) is 0 Å². The molecule has 0 fully saturated rings. The third kappa shape index (κ3) is 1.89. The SMILES string of the molecule is Cn1ccc2cc(C(O)CCN)ccc21. The maximum absolute atomic E-state index is 9.80. The molecule has 80 valence electrons. The van der Waals surface area contributed by atoms with Crippen LogP contribution in [0.4, 0.5) is 0 Å². The largest absolute Gasteiger partial charge is 0.388 e. The molecule has 3 nitrogen and oxygen atoms in total. The molecule has 1 heterocycles. The molecule has 0 saturated heterocycles. The molecule has 1 atom stereocenters. The Morgan fingerprint density at radius 2 is 2.20 bits per heavy atom. The average molecular weight is 204 g/mol. The minimum atomic E-state index is -0.445. The number of nitrogens with two attached hydrogens (primary N) is 1. The summed E-state index contributed by atoms with van der Waals surface area (Å²) >= 11 is 0.